The van der Waals surface area contributed by atoms with Crippen LogP contribution in [-0.2, 0) is 6.42 Å². The molecule has 138 valence electrons. The molecule has 1 atom stereocenters. The van der Waals surface area contributed by atoms with E-state index in [0.717, 1.165) is 54.5 Å². The molecule has 3 aromatic rings. The van der Waals surface area contributed by atoms with E-state index < -0.39 is 0 Å². The third-order valence-corrected chi connectivity index (χ3v) is 6.41. The van der Waals surface area contributed by atoms with E-state index in [1.165, 1.54) is 26.8 Å². The summed E-state index contributed by atoms with van der Waals surface area (Å²) in [6.45, 7) is 6.29. The molecule has 0 aliphatic carbocycles. The smallest absolute Gasteiger partial charge is 0.235 e. The largest absolute Gasteiger partial charge is 0.492 e. The zero-order chi connectivity index (χ0) is 18.3. The predicted octanol–water partition coefficient (Wildman–Crippen LogP) is 2.60. The van der Waals surface area contributed by atoms with Gasteiger partial charge in [0.1, 0.15) is 10.7 Å². The van der Waals surface area contributed by atoms with Crippen molar-refractivity contribution in [3.63, 3.8) is 0 Å². The predicted molar refractivity (Wildman–Crippen MR) is 99.2 cm³/mol. The third-order valence-electron chi connectivity index (χ3n) is 5.33. The molecule has 0 amide bonds. The molecule has 2 N–H and O–H groups in total. The number of quaternary nitrogens is 1. The van der Waals surface area contributed by atoms with Crippen molar-refractivity contribution in [3.05, 3.63) is 46.3 Å². The van der Waals surface area contributed by atoms with Gasteiger partial charge in [-0.3, -0.25) is 0 Å². The van der Waals surface area contributed by atoms with Gasteiger partial charge in [0, 0.05) is 12.0 Å². The molecule has 1 saturated heterocycles. The highest BCUT2D eigenvalue weighted by Crippen LogP contribution is 2.35. The highest BCUT2D eigenvalue weighted by atomic mass is 32.1. The van der Waals surface area contributed by atoms with E-state index in [1.807, 2.05) is 13.0 Å². The van der Waals surface area contributed by atoms with Gasteiger partial charge in [0.2, 0.25) is 10.8 Å². The number of aromatic nitrogens is 3. The van der Waals surface area contributed by atoms with Crippen molar-refractivity contribution >= 4 is 16.3 Å². The number of aryl methyl sites for hydroxylation is 1. The van der Waals surface area contributed by atoms with E-state index in [9.17, 15) is 9.50 Å². The lowest BCUT2D eigenvalue weighted by Crippen LogP contribution is -3.13. The van der Waals surface area contributed by atoms with Crippen molar-refractivity contribution in [1.29, 1.82) is 0 Å². The Balaban J connectivity index is 1.79. The minimum atomic E-state index is -0.246. The van der Waals surface area contributed by atoms with Gasteiger partial charge >= 0.3 is 0 Å². The molecule has 0 radical (unpaired) electrons. The molecule has 1 fully saturated rings. The van der Waals surface area contributed by atoms with Gasteiger partial charge in [-0.15, -0.1) is 5.10 Å². The minimum Gasteiger partial charge on any atom is -0.492 e. The molecule has 0 saturated carbocycles. The van der Waals surface area contributed by atoms with Crippen LogP contribution in [0.25, 0.3) is 4.96 Å². The fourth-order valence-corrected chi connectivity index (χ4v) is 4.97. The van der Waals surface area contributed by atoms with Crippen LogP contribution in [0.2, 0.25) is 0 Å². The van der Waals surface area contributed by atoms with Gasteiger partial charge in [-0.25, -0.2) is 9.37 Å². The molecule has 0 unspecified atom stereocenters. The second kappa shape index (κ2) is 6.96. The Morgan fingerprint density at radius 3 is 2.81 bits per heavy atom. The molecule has 3 heterocycles. The normalized spacial score (nSPS) is 22.0. The van der Waals surface area contributed by atoms with E-state index in [1.54, 1.807) is 12.1 Å². The second-order valence-corrected chi connectivity index (χ2v) is 8.20. The molecule has 2 aromatic heterocycles. The number of halogens is 1. The first-order valence-corrected chi connectivity index (χ1v) is 10.1. The molecule has 1 aliphatic heterocycles. The van der Waals surface area contributed by atoms with E-state index in [0.29, 0.717) is 4.96 Å². The van der Waals surface area contributed by atoms with Crippen molar-refractivity contribution in [2.45, 2.75) is 39.2 Å². The number of hydrogen-bond acceptors (Lipinski definition) is 4. The first kappa shape index (κ1) is 17.4. The zero-order valence-corrected chi connectivity index (χ0v) is 15.9. The number of fused-ring (bicyclic) bond motifs is 1. The Labute approximate surface area is 156 Å². The third kappa shape index (κ3) is 3.10. The first-order valence-electron chi connectivity index (χ1n) is 9.24. The monoisotopic (exact) mass is 375 g/mol. The summed E-state index contributed by atoms with van der Waals surface area (Å²) in [5.41, 5.74) is 0.894. The lowest BCUT2D eigenvalue weighted by molar-refractivity contribution is -0.931. The summed E-state index contributed by atoms with van der Waals surface area (Å²) in [5, 5.41) is 15.2. The number of likely N-dealkylation sites (tertiary alicyclic amines) is 1. The Bertz CT molecular complexity index is 914. The quantitative estimate of drug-likeness (QED) is 0.737. The van der Waals surface area contributed by atoms with Crippen molar-refractivity contribution in [1.82, 2.24) is 14.6 Å². The van der Waals surface area contributed by atoms with Gasteiger partial charge in [-0.2, -0.15) is 4.52 Å². The number of hydrogen-bond donors (Lipinski definition) is 2. The molecular weight excluding hydrogens is 351 g/mol. The molecule has 1 aliphatic rings. The molecule has 26 heavy (non-hydrogen) atoms. The van der Waals surface area contributed by atoms with E-state index in [2.05, 4.69) is 17.0 Å². The molecule has 0 spiro atoms. The summed E-state index contributed by atoms with van der Waals surface area (Å²) >= 11 is 1.46. The molecule has 5 nitrogen and oxygen atoms in total. The van der Waals surface area contributed by atoms with E-state index in [4.69, 9.17) is 0 Å². The molecular formula is C19H24FN4OS+. The summed E-state index contributed by atoms with van der Waals surface area (Å²) in [6, 6.07) is 6.64. The van der Waals surface area contributed by atoms with Crippen LogP contribution in [0.5, 0.6) is 5.88 Å². The Kier molecular flexibility index (Phi) is 4.67. The molecule has 0 bridgehead atoms. The van der Waals surface area contributed by atoms with Crippen LogP contribution in [0.3, 0.4) is 0 Å². The maximum Gasteiger partial charge on any atom is 0.235 e. The number of rotatable bonds is 4. The highest BCUT2D eigenvalue weighted by Gasteiger charge is 2.34. The average molecular weight is 375 g/mol. The van der Waals surface area contributed by atoms with E-state index >= 15 is 0 Å². The Morgan fingerprint density at radius 2 is 2.15 bits per heavy atom. The van der Waals surface area contributed by atoms with Crippen LogP contribution in [0.1, 0.15) is 49.0 Å². The fraction of sp³-hybridized carbons (Fsp3) is 0.474. The van der Waals surface area contributed by atoms with Crippen molar-refractivity contribution < 1.29 is 14.4 Å². The number of nitrogens with one attached hydrogen (secondary N) is 1. The van der Waals surface area contributed by atoms with Gasteiger partial charge in [0.15, 0.2) is 11.9 Å². The Morgan fingerprint density at radius 1 is 1.38 bits per heavy atom. The first-order chi connectivity index (χ1) is 12.6. The van der Waals surface area contributed by atoms with E-state index in [-0.39, 0.29) is 17.7 Å². The topological polar surface area (TPSA) is 54.9 Å². The van der Waals surface area contributed by atoms with Gasteiger partial charge < -0.3 is 10.0 Å². The van der Waals surface area contributed by atoms with Gasteiger partial charge in [-0.1, -0.05) is 37.3 Å². The molecule has 1 aromatic carbocycles. The van der Waals surface area contributed by atoms with Crippen molar-refractivity contribution in [2.75, 3.05) is 13.1 Å². The lowest BCUT2D eigenvalue weighted by atomic mass is 9.95. The zero-order valence-electron chi connectivity index (χ0n) is 15.1. The Hall–Kier alpha value is -1.99. The van der Waals surface area contributed by atoms with Crippen molar-refractivity contribution in [3.8, 4) is 5.88 Å². The number of benzene rings is 1. The highest BCUT2D eigenvalue weighted by molar-refractivity contribution is 7.17. The van der Waals surface area contributed by atoms with Gasteiger partial charge in [-0.05, 0) is 30.9 Å². The SMILES string of the molecule is CCc1nc2sc([C@H](c3cccc(F)c3)[NH+]3CCC(C)CC3)c(O)n2n1. The van der Waals surface area contributed by atoms with Crippen molar-refractivity contribution in [2.24, 2.45) is 5.92 Å². The summed E-state index contributed by atoms with van der Waals surface area (Å²) in [4.78, 5) is 7.37. The summed E-state index contributed by atoms with van der Waals surface area (Å²) in [6.07, 6.45) is 3.01. The lowest BCUT2D eigenvalue weighted by Gasteiger charge is -2.33. The maximum absolute atomic E-state index is 13.9. The summed E-state index contributed by atoms with van der Waals surface area (Å²) in [5.74, 6) is 1.33. The number of piperidine rings is 1. The minimum absolute atomic E-state index is 0.100. The molecule has 7 heteroatoms. The van der Waals surface area contributed by atoms with Crippen LogP contribution in [-0.4, -0.2) is 32.8 Å². The standard InChI is InChI=1S/C19H23FN4OS/c1-3-15-21-19-24(22-15)18(25)17(26-19)16(13-5-4-6-14(20)11-13)23-9-7-12(2)8-10-23/h4-6,11-12,16,25H,3,7-10H2,1-2H3/p+1/t16-/m0/s1. The summed E-state index contributed by atoms with van der Waals surface area (Å²) in [7, 11) is 0. The fourth-order valence-electron chi connectivity index (χ4n) is 3.81. The number of aromatic hydroxyl groups is 1. The average Bonchev–Trinajstić information content (AvgIpc) is 3.17. The molecule has 4 rings (SSSR count). The van der Waals surface area contributed by atoms with Gasteiger partial charge in [0.25, 0.3) is 0 Å². The van der Waals surface area contributed by atoms with Gasteiger partial charge in [0.05, 0.1) is 13.1 Å². The van der Waals surface area contributed by atoms with Crippen LogP contribution in [0.15, 0.2) is 24.3 Å². The maximum atomic E-state index is 13.9. The van der Waals surface area contributed by atoms with Crippen LogP contribution in [0.4, 0.5) is 4.39 Å². The van der Waals surface area contributed by atoms with Crippen LogP contribution >= 0.6 is 11.3 Å². The van der Waals surface area contributed by atoms with Crippen LogP contribution in [0, 0.1) is 11.7 Å². The second-order valence-electron chi connectivity index (χ2n) is 7.19. The number of thiazole rings is 1. The summed E-state index contributed by atoms with van der Waals surface area (Å²) < 4.78 is 15.4. The number of nitrogens with zero attached hydrogens (tertiary/aromatic N) is 3. The van der Waals surface area contributed by atoms with Crippen LogP contribution < -0.4 is 4.90 Å².